The van der Waals surface area contributed by atoms with Crippen molar-refractivity contribution < 1.29 is 0 Å². The number of rotatable bonds is 3. The summed E-state index contributed by atoms with van der Waals surface area (Å²) in [6, 6.07) is 2.09. The van der Waals surface area contributed by atoms with E-state index in [1.165, 1.54) is 16.8 Å². The number of nitrogens with one attached hydrogen (secondary N) is 2. The lowest BCUT2D eigenvalue weighted by Crippen LogP contribution is -2.29. The van der Waals surface area contributed by atoms with E-state index in [0.717, 1.165) is 37.7 Å². The monoisotopic (exact) mass is 257 g/mol. The predicted octanol–water partition coefficient (Wildman–Crippen LogP) is 1.40. The van der Waals surface area contributed by atoms with Gasteiger partial charge >= 0.3 is 0 Å². The van der Waals surface area contributed by atoms with Crippen molar-refractivity contribution in [3.05, 3.63) is 41.1 Å². The second kappa shape index (κ2) is 5.01. The standard InChI is InChI=1S/C14H19N5/c1-10-17-13-4-6-16-8-12(13)14(18-10)19(2)9-11-3-5-15-7-11/h3,5,7,15-16H,4,6,8-9H2,1-2H3. The van der Waals surface area contributed by atoms with E-state index < -0.39 is 0 Å². The van der Waals surface area contributed by atoms with Crippen LogP contribution in [0.3, 0.4) is 0 Å². The van der Waals surface area contributed by atoms with Crippen LogP contribution in [0.1, 0.15) is 22.6 Å². The third kappa shape index (κ3) is 2.46. The van der Waals surface area contributed by atoms with Crippen LogP contribution in [0.15, 0.2) is 18.5 Å². The van der Waals surface area contributed by atoms with Gasteiger partial charge in [0.1, 0.15) is 11.6 Å². The SMILES string of the molecule is Cc1nc2c(c(N(C)Cc3cc[nH]c3)n1)CNCC2. The molecule has 0 aromatic carbocycles. The Hall–Kier alpha value is -1.88. The van der Waals surface area contributed by atoms with Crippen LogP contribution in [0.25, 0.3) is 0 Å². The number of anilines is 1. The van der Waals surface area contributed by atoms with Gasteiger partial charge in [-0.25, -0.2) is 9.97 Å². The van der Waals surface area contributed by atoms with Crippen LogP contribution >= 0.6 is 0 Å². The first-order valence-electron chi connectivity index (χ1n) is 6.64. The highest BCUT2D eigenvalue weighted by Gasteiger charge is 2.19. The third-order valence-corrected chi connectivity index (χ3v) is 3.47. The maximum atomic E-state index is 4.63. The highest BCUT2D eigenvalue weighted by atomic mass is 15.2. The van der Waals surface area contributed by atoms with Crippen molar-refractivity contribution in [3.63, 3.8) is 0 Å². The number of aryl methyl sites for hydroxylation is 1. The zero-order chi connectivity index (χ0) is 13.2. The maximum absolute atomic E-state index is 4.63. The topological polar surface area (TPSA) is 56.8 Å². The molecule has 2 aromatic rings. The van der Waals surface area contributed by atoms with Crippen molar-refractivity contribution in [2.75, 3.05) is 18.5 Å². The largest absolute Gasteiger partial charge is 0.367 e. The Kier molecular flexibility index (Phi) is 3.21. The molecule has 5 heteroatoms. The number of hydrogen-bond donors (Lipinski definition) is 2. The molecule has 0 fully saturated rings. The Labute approximate surface area is 113 Å². The summed E-state index contributed by atoms with van der Waals surface area (Å²) in [7, 11) is 2.09. The minimum absolute atomic E-state index is 0.854. The van der Waals surface area contributed by atoms with E-state index in [1.54, 1.807) is 0 Å². The lowest BCUT2D eigenvalue weighted by atomic mass is 10.1. The fourth-order valence-corrected chi connectivity index (χ4v) is 2.57. The quantitative estimate of drug-likeness (QED) is 0.872. The van der Waals surface area contributed by atoms with Gasteiger partial charge in [0.15, 0.2) is 0 Å². The molecule has 19 heavy (non-hydrogen) atoms. The second-order valence-corrected chi connectivity index (χ2v) is 5.02. The molecule has 0 aliphatic carbocycles. The average molecular weight is 257 g/mol. The van der Waals surface area contributed by atoms with Gasteiger partial charge in [0.05, 0.1) is 5.69 Å². The summed E-state index contributed by atoms with van der Waals surface area (Å²) < 4.78 is 0. The summed E-state index contributed by atoms with van der Waals surface area (Å²) in [5, 5.41) is 3.40. The molecule has 3 heterocycles. The van der Waals surface area contributed by atoms with Crippen LogP contribution in [0, 0.1) is 6.92 Å². The Bertz CT molecular complexity index is 561. The number of H-pyrrole nitrogens is 1. The predicted molar refractivity (Wildman–Crippen MR) is 75.1 cm³/mol. The minimum Gasteiger partial charge on any atom is -0.367 e. The Morgan fingerprint density at radius 2 is 2.26 bits per heavy atom. The number of fused-ring (bicyclic) bond motifs is 1. The van der Waals surface area contributed by atoms with E-state index in [1.807, 2.05) is 19.3 Å². The molecule has 0 radical (unpaired) electrons. The van der Waals surface area contributed by atoms with Crippen molar-refractivity contribution >= 4 is 5.82 Å². The van der Waals surface area contributed by atoms with Gasteiger partial charge in [-0.3, -0.25) is 0 Å². The summed E-state index contributed by atoms with van der Waals surface area (Å²) >= 11 is 0. The van der Waals surface area contributed by atoms with Crippen LogP contribution in [-0.4, -0.2) is 28.5 Å². The first-order valence-corrected chi connectivity index (χ1v) is 6.64. The van der Waals surface area contributed by atoms with E-state index in [-0.39, 0.29) is 0 Å². The molecule has 2 aromatic heterocycles. The van der Waals surface area contributed by atoms with E-state index in [4.69, 9.17) is 0 Å². The Balaban J connectivity index is 1.92. The molecule has 0 saturated carbocycles. The van der Waals surface area contributed by atoms with Crippen molar-refractivity contribution in [3.8, 4) is 0 Å². The summed E-state index contributed by atoms with van der Waals surface area (Å²) in [5.41, 5.74) is 3.70. The molecule has 0 saturated heterocycles. The van der Waals surface area contributed by atoms with Crippen molar-refractivity contribution in [2.45, 2.75) is 26.4 Å². The highest BCUT2D eigenvalue weighted by molar-refractivity contribution is 5.50. The molecule has 0 unspecified atom stereocenters. The zero-order valence-electron chi connectivity index (χ0n) is 11.4. The van der Waals surface area contributed by atoms with Gasteiger partial charge in [-0.1, -0.05) is 0 Å². The molecule has 0 atom stereocenters. The molecular weight excluding hydrogens is 238 g/mol. The molecule has 3 rings (SSSR count). The fraction of sp³-hybridized carbons (Fsp3) is 0.429. The van der Waals surface area contributed by atoms with Gasteiger partial charge in [0, 0.05) is 51.1 Å². The van der Waals surface area contributed by atoms with Gasteiger partial charge in [-0.2, -0.15) is 0 Å². The smallest absolute Gasteiger partial charge is 0.137 e. The van der Waals surface area contributed by atoms with Crippen LogP contribution in [0.2, 0.25) is 0 Å². The van der Waals surface area contributed by atoms with Gasteiger partial charge in [0.25, 0.3) is 0 Å². The van der Waals surface area contributed by atoms with Crippen molar-refractivity contribution in [1.29, 1.82) is 0 Å². The first kappa shape index (κ1) is 12.2. The van der Waals surface area contributed by atoms with E-state index in [9.17, 15) is 0 Å². The van der Waals surface area contributed by atoms with E-state index >= 15 is 0 Å². The molecule has 0 bridgehead atoms. The van der Waals surface area contributed by atoms with Gasteiger partial charge in [-0.15, -0.1) is 0 Å². The highest BCUT2D eigenvalue weighted by Crippen LogP contribution is 2.23. The molecule has 1 aliphatic heterocycles. The minimum atomic E-state index is 0.854. The molecular formula is C14H19N5. The molecule has 2 N–H and O–H groups in total. The third-order valence-electron chi connectivity index (χ3n) is 3.47. The zero-order valence-corrected chi connectivity index (χ0v) is 11.4. The number of hydrogen-bond acceptors (Lipinski definition) is 4. The number of aromatic amines is 1. The lowest BCUT2D eigenvalue weighted by molar-refractivity contribution is 0.619. The molecule has 100 valence electrons. The van der Waals surface area contributed by atoms with Crippen LogP contribution in [-0.2, 0) is 19.5 Å². The summed E-state index contributed by atoms with van der Waals surface area (Å²) in [4.78, 5) is 14.5. The average Bonchev–Trinajstić information content (AvgIpc) is 2.90. The van der Waals surface area contributed by atoms with E-state index in [0.29, 0.717) is 0 Å². The molecule has 1 aliphatic rings. The fourth-order valence-electron chi connectivity index (χ4n) is 2.57. The van der Waals surface area contributed by atoms with E-state index in [2.05, 4.69) is 38.3 Å². The van der Waals surface area contributed by atoms with Crippen molar-refractivity contribution in [2.24, 2.45) is 0 Å². The maximum Gasteiger partial charge on any atom is 0.137 e. The van der Waals surface area contributed by atoms with Crippen molar-refractivity contribution in [1.82, 2.24) is 20.3 Å². The first-order chi connectivity index (χ1) is 9.24. The van der Waals surface area contributed by atoms with Gasteiger partial charge in [0.2, 0.25) is 0 Å². The Morgan fingerprint density at radius 3 is 3.05 bits per heavy atom. The lowest BCUT2D eigenvalue weighted by Gasteiger charge is -2.25. The summed E-state index contributed by atoms with van der Waals surface area (Å²) in [6.07, 6.45) is 4.96. The van der Waals surface area contributed by atoms with Crippen LogP contribution in [0.4, 0.5) is 5.82 Å². The normalized spacial score (nSPS) is 14.2. The van der Waals surface area contributed by atoms with Crippen LogP contribution < -0.4 is 10.2 Å². The Morgan fingerprint density at radius 1 is 1.37 bits per heavy atom. The summed E-state index contributed by atoms with van der Waals surface area (Å²) in [5.74, 6) is 1.91. The van der Waals surface area contributed by atoms with Crippen LogP contribution in [0.5, 0.6) is 0 Å². The summed E-state index contributed by atoms with van der Waals surface area (Å²) in [6.45, 7) is 4.69. The van der Waals surface area contributed by atoms with Gasteiger partial charge in [-0.05, 0) is 18.6 Å². The second-order valence-electron chi connectivity index (χ2n) is 5.02. The number of aromatic nitrogens is 3. The number of nitrogens with zero attached hydrogens (tertiary/aromatic N) is 3. The molecule has 0 amide bonds. The van der Waals surface area contributed by atoms with Gasteiger partial charge < -0.3 is 15.2 Å². The molecule has 5 nitrogen and oxygen atoms in total. The molecule has 0 spiro atoms.